The van der Waals surface area contributed by atoms with E-state index in [4.69, 9.17) is 0 Å². The second-order valence-electron chi connectivity index (χ2n) is 9.84. The summed E-state index contributed by atoms with van der Waals surface area (Å²) in [5.74, 6) is -1.87. The number of carbonyl (C=O) groups is 1. The summed E-state index contributed by atoms with van der Waals surface area (Å²) in [6.07, 6.45) is 2.38. The van der Waals surface area contributed by atoms with Crippen LogP contribution in [0, 0.1) is 34.9 Å². The van der Waals surface area contributed by atoms with Crippen LogP contribution in [0.25, 0.3) is 27.6 Å². The number of nitroso groups, excluding NO2 is 1. The fraction of sp³-hybridized carbons (Fsp3) is 0.200. The number of halogens is 2. The Hall–Kier alpha value is -4.07. The fourth-order valence-corrected chi connectivity index (χ4v) is 6.92. The summed E-state index contributed by atoms with van der Waals surface area (Å²) in [7, 11) is 0. The summed E-state index contributed by atoms with van der Waals surface area (Å²) in [5, 5.41) is 14.8. The third-order valence-electron chi connectivity index (χ3n) is 7.33. The quantitative estimate of drug-likeness (QED) is 0.220. The molecular formula is C30H22F2N4O2S2. The van der Waals surface area contributed by atoms with Crippen LogP contribution in [0.4, 0.5) is 8.78 Å². The van der Waals surface area contributed by atoms with Gasteiger partial charge in [0.05, 0.1) is 17.1 Å². The molecule has 2 aromatic carbocycles. The number of hydrogen-bond acceptors (Lipinski definition) is 6. The first-order valence-electron chi connectivity index (χ1n) is 12.7. The van der Waals surface area contributed by atoms with Crippen LogP contribution in [0.3, 0.4) is 0 Å². The molecule has 200 valence electrons. The lowest BCUT2D eigenvalue weighted by molar-refractivity contribution is -0.125. The number of carbonyl (C=O) groups excluding carboxylic acids is 1. The van der Waals surface area contributed by atoms with Gasteiger partial charge in [-0.15, -0.1) is 16.2 Å². The van der Waals surface area contributed by atoms with Gasteiger partial charge >= 0.3 is 0 Å². The van der Waals surface area contributed by atoms with E-state index in [1.807, 2.05) is 46.1 Å². The van der Waals surface area contributed by atoms with Crippen molar-refractivity contribution in [3.63, 3.8) is 0 Å². The molecule has 3 heterocycles. The van der Waals surface area contributed by atoms with Crippen molar-refractivity contribution >= 4 is 45.7 Å². The molecule has 0 atom stereocenters. The zero-order valence-corrected chi connectivity index (χ0v) is 23.0. The van der Waals surface area contributed by atoms with Gasteiger partial charge < -0.3 is 4.90 Å². The molecular weight excluding hydrogens is 550 g/mol. The molecule has 0 bridgehead atoms. The standard InChI is InChI=1S/C30H22F2N4O2S2/c1-17-2-6-21(7-3-17)40-36-26-9-4-19(31)12-24(26)28(22-10-11-39-27(22)14-33)29(36)23-13-20(5-8-25(23)32)35-15-18(16-35)30(37)34-38/h2-4,6-7,9-13,18H,5,8,15-16H2,1H3. The number of allylic oxidation sites excluding steroid dienone is 4. The van der Waals surface area contributed by atoms with Crippen LogP contribution in [0.2, 0.25) is 0 Å². The van der Waals surface area contributed by atoms with Crippen LogP contribution >= 0.6 is 23.3 Å². The highest BCUT2D eigenvalue weighted by atomic mass is 32.2. The van der Waals surface area contributed by atoms with E-state index >= 15 is 4.39 Å². The Kier molecular flexibility index (Phi) is 6.86. The molecule has 0 radical (unpaired) electrons. The highest BCUT2D eigenvalue weighted by molar-refractivity contribution is 7.98. The lowest BCUT2D eigenvalue weighted by Gasteiger charge is -2.41. The van der Waals surface area contributed by atoms with Crippen LogP contribution in [0.5, 0.6) is 0 Å². The van der Waals surface area contributed by atoms with Crippen LogP contribution in [-0.2, 0) is 4.79 Å². The molecule has 0 unspecified atom stereocenters. The first-order valence-corrected chi connectivity index (χ1v) is 14.3. The lowest BCUT2D eigenvalue weighted by Crippen LogP contribution is -2.49. The van der Waals surface area contributed by atoms with Gasteiger partial charge in [-0.1, -0.05) is 17.7 Å². The number of fused-ring (bicyclic) bond motifs is 1. The summed E-state index contributed by atoms with van der Waals surface area (Å²) in [5.41, 5.74) is 4.76. The summed E-state index contributed by atoms with van der Waals surface area (Å²) in [6, 6.07) is 16.5. The third-order valence-corrected chi connectivity index (χ3v) is 9.19. The largest absolute Gasteiger partial charge is 0.373 e. The van der Waals surface area contributed by atoms with Gasteiger partial charge in [-0.2, -0.15) is 5.26 Å². The Bertz CT molecular complexity index is 1770. The normalized spacial score (nSPS) is 15.7. The topological polar surface area (TPSA) is 78.5 Å². The van der Waals surface area contributed by atoms with Crippen LogP contribution in [0.1, 0.15) is 29.0 Å². The summed E-state index contributed by atoms with van der Waals surface area (Å²) in [6.45, 7) is 2.71. The number of aryl methyl sites for hydroxylation is 1. The van der Waals surface area contributed by atoms with E-state index in [0.717, 1.165) is 16.2 Å². The van der Waals surface area contributed by atoms with Gasteiger partial charge in [0, 0.05) is 57.4 Å². The van der Waals surface area contributed by atoms with Crippen molar-refractivity contribution in [3.8, 4) is 17.2 Å². The minimum atomic E-state index is -0.671. The summed E-state index contributed by atoms with van der Waals surface area (Å²) >= 11 is 2.68. The van der Waals surface area contributed by atoms with Gasteiger partial charge in [0.15, 0.2) is 0 Å². The summed E-state index contributed by atoms with van der Waals surface area (Å²) < 4.78 is 32.5. The second-order valence-corrected chi connectivity index (χ2v) is 11.8. The Balaban J connectivity index is 1.57. The smallest absolute Gasteiger partial charge is 0.292 e. The number of nitrogens with zero attached hydrogens (tertiary/aromatic N) is 4. The first-order chi connectivity index (χ1) is 19.4. The minimum absolute atomic E-state index is 0.154. The monoisotopic (exact) mass is 572 g/mol. The number of amides is 1. The van der Waals surface area contributed by atoms with Gasteiger partial charge in [-0.05, 0) is 73.1 Å². The number of likely N-dealkylation sites (tertiary alicyclic amines) is 1. The Morgan fingerprint density at radius 2 is 1.90 bits per heavy atom. The van der Waals surface area contributed by atoms with Gasteiger partial charge in [-0.3, -0.25) is 8.77 Å². The van der Waals surface area contributed by atoms with E-state index in [1.165, 1.54) is 35.4 Å². The Morgan fingerprint density at radius 3 is 2.62 bits per heavy atom. The van der Waals surface area contributed by atoms with Crippen molar-refractivity contribution in [3.05, 3.63) is 98.4 Å². The average Bonchev–Trinajstić information content (AvgIpc) is 3.51. The van der Waals surface area contributed by atoms with Crippen molar-refractivity contribution in [2.24, 2.45) is 11.1 Å². The van der Waals surface area contributed by atoms with E-state index < -0.39 is 17.6 Å². The SMILES string of the molecule is Cc1ccc(Sn2c(C3=C(F)CCC(N4CC(C(=O)N=O)C4)=C3)c(-c3ccsc3C#N)c3cc(F)ccc32)cc1. The first kappa shape index (κ1) is 26.2. The lowest BCUT2D eigenvalue weighted by atomic mass is 9.91. The van der Waals surface area contributed by atoms with E-state index in [1.54, 1.807) is 17.5 Å². The van der Waals surface area contributed by atoms with Gasteiger partial charge in [0.2, 0.25) is 0 Å². The number of nitriles is 1. The number of hydrogen-bond donors (Lipinski definition) is 0. The molecule has 1 fully saturated rings. The molecule has 0 saturated carbocycles. The van der Waals surface area contributed by atoms with Crippen molar-refractivity contribution in [1.29, 1.82) is 5.26 Å². The predicted octanol–water partition coefficient (Wildman–Crippen LogP) is 7.83. The maximum Gasteiger partial charge on any atom is 0.292 e. The van der Waals surface area contributed by atoms with Gasteiger partial charge in [-0.25, -0.2) is 8.78 Å². The van der Waals surface area contributed by atoms with Gasteiger partial charge in [0.25, 0.3) is 5.91 Å². The predicted molar refractivity (Wildman–Crippen MR) is 154 cm³/mol. The van der Waals surface area contributed by atoms with Crippen LogP contribution in [0.15, 0.2) is 81.6 Å². The molecule has 1 aliphatic carbocycles. The van der Waals surface area contributed by atoms with E-state index in [0.29, 0.717) is 57.7 Å². The highest BCUT2D eigenvalue weighted by Crippen LogP contribution is 2.47. The number of benzene rings is 2. The van der Waals surface area contributed by atoms with E-state index in [-0.39, 0.29) is 12.2 Å². The van der Waals surface area contributed by atoms with Crippen molar-refractivity contribution in [2.75, 3.05) is 13.1 Å². The third kappa shape index (κ3) is 4.55. The van der Waals surface area contributed by atoms with Crippen molar-refractivity contribution < 1.29 is 13.6 Å². The van der Waals surface area contributed by atoms with Crippen molar-refractivity contribution in [1.82, 2.24) is 8.87 Å². The van der Waals surface area contributed by atoms with Crippen LogP contribution in [-0.4, -0.2) is 27.9 Å². The molecule has 6 rings (SSSR count). The maximum absolute atomic E-state index is 15.9. The average molecular weight is 573 g/mol. The second kappa shape index (κ2) is 10.5. The molecule has 1 aliphatic heterocycles. The molecule has 10 heteroatoms. The fourth-order valence-electron chi connectivity index (χ4n) is 5.22. The minimum Gasteiger partial charge on any atom is -0.373 e. The van der Waals surface area contributed by atoms with E-state index in [9.17, 15) is 19.4 Å². The molecule has 0 N–H and O–H groups in total. The molecule has 2 aromatic heterocycles. The van der Waals surface area contributed by atoms with E-state index in [2.05, 4.69) is 11.2 Å². The molecule has 4 aromatic rings. The maximum atomic E-state index is 15.9. The molecule has 1 saturated heterocycles. The molecule has 1 amide bonds. The number of rotatable bonds is 6. The molecule has 2 aliphatic rings. The number of aromatic nitrogens is 1. The number of thiophene rings is 1. The Labute approximate surface area is 237 Å². The molecule has 40 heavy (non-hydrogen) atoms. The van der Waals surface area contributed by atoms with Gasteiger partial charge in [0.1, 0.15) is 22.6 Å². The zero-order valence-electron chi connectivity index (χ0n) is 21.4. The highest BCUT2D eigenvalue weighted by Gasteiger charge is 2.36. The molecule has 0 spiro atoms. The Morgan fingerprint density at radius 1 is 1.12 bits per heavy atom. The van der Waals surface area contributed by atoms with Crippen LogP contribution < -0.4 is 0 Å². The van der Waals surface area contributed by atoms with Crippen molar-refractivity contribution in [2.45, 2.75) is 24.7 Å². The summed E-state index contributed by atoms with van der Waals surface area (Å²) in [4.78, 5) is 25.7. The zero-order chi connectivity index (χ0) is 28.0. The molecule has 6 nitrogen and oxygen atoms in total.